The van der Waals surface area contributed by atoms with Gasteiger partial charge in [-0.25, -0.2) is 0 Å². The second-order valence-corrected chi connectivity index (χ2v) is 12.5. The molecular formula is C29H45NO7S. The fourth-order valence-electron chi connectivity index (χ4n) is 4.43. The molecule has 5 atom stereocenters. The minimum absolute atomic E-state index is 0.00839. The monoisotopic (exact) mass is 551 g/mol. The van der Waals surface area contributed by atoms with Crippen molar-refractivity contribution in [1.82, 2.24) is 5.32 Å². The van der Waals surface area contributed by atoms with Crippen LogP contribution in [0.4, 0.5) is 0 Å². The van der Waals surface area contributed by atoms with E-state index in [0.29, 0.717) is 18.4 Å². The lowest BCUT2D eigenvalue weighted by molar-refractivity contribution is -0.123. The second kappa shape index (κ2) is 14.5. The molecule has 0 spiro atoms. The molecule has 1 amide bonds. The van der Waals surface area contributed by atoms with Crippen LogP contribution in [0.3, 0.4) is 0 Å². The number of unbranched alkanes of at least 4 members (excludes halogenated alkanes) is 1. The zero-order valence-corrected chi connectivity index (χ0v) is 24.0. The summed E-state index contributed by atoms with van der Waals surface area (Å²) in [5.41, 5.74) is 4.05. The van der Waals surface area contributed by atoms with Gasteiger partial charge in [0.1, 0.15) is 11.9 Å². The topological polar surface area (TPSA) is 150 Å². The minimum Gasteiger partial charge on any atom is -0.508 e. The number of aryl methyl sites for hydroxylation is 1. The lowest BCUT2D eigenvalue weighted by Gasteiger charge is -2.40. The number of phenols is 1. The summed E-state index contributed by atoms with van der Waals surface area (Å²) in [6.07, 6.45) is 3.77. The number of hydrogen-bond donors (Lipinski definition) is 7. The Labute approximate surface area is 230 Å². The van der Waals surface area contributed by atoms with E-state index in [1.54, 1.807) is 19.9 Å². The van der Waals surface area contributed by atoms with Crippen LogP contribution in [-0.2, 0) is 11.2 Å². The van der Waals surface area contributed by atoms with Gasteiger partial charge in [0.2, 0.25) is 5.91 Å². The Bertz CT molecular complexity index is 1000. The molecule has 0 saturated carbocycles. The Hall–Kier alpha value is -1.88. The molecule has 0 unspecified atom stereocenters. The van der Waals surface area contributed by atoms with Gasteiger partial charge < -0.3 is 36.0 Å². The number of carbonyl (C=O) groups excluding carboxylic acids is 1. The molecule has 7 N–H and O–H groups in total. The summed E-state index contributed by atoms with van der Waals surface area (Å²) >= 11 is 1.15. The predicted molar refractivity (Wildman–Crippen MR) is 151 cm³/mol. The Kier molecular flexibility index (Phi) is 12.3. The summed E-state index contributed by atoms with van der Waals surface area (Å²) in [6, 6.07) is 3.48. The van der Waals surface area contributed by atoms with Gasteiger partial charge in [-0.05, 0) is 77.5 Å². The number of aromatic hydroxyl groups is 1. The number of aliphatic hydroxyl groups excluding tert-OH is 5. The standard InChI is InChI=1S/C29H45NO7S/c1-17(8-6-7-9-24(34)30-29(4,5)16-32)10-11-18(2)12-20-14-21(22(33)13-19(20)3)28-27(37)26(36)25(35)23(15-31)38-28/h10-11,13-14,23,25-28,31-33,35-37H,6-9,12,15-16H2,1-5H3,(H,30,34)/b17-10+,18-11+/t23-,25-,26+,27-,28+/m1/s1. The van der Waals surface area contributed by atoms with E-state index in [0.717, 1.165) is 47.7 Å². The number of amides is 1. The fourth-order valence-corrected chi connectivity index (χ4v) is 5.87. The molecule has 214 valence electrons. The molecule has 8 nitrogen and oxygen atoms in total. The molecule has 1 aliphatic heterocycles. The summed E-state index contributed by atoms with van der Waals surface area (Å²) in [7, 11) is 0. The number of benzene rings is 1. The lowest BCUT2D eigenvalue weighted by Crippen LogP contribution is -2.51. The molecule has 0 radical (unpaired) electrons. The molecule has 1 heterocycles. The summed E-state index contributed by atoms with van der Waals surface area (Å²) < 4.78 is 0. The van der Waals surface area contributed by atoms with E-state index in [2.05, 4.69) is 24.4 Å². The van der Waals surface area contributed by atoms with Gasteiger partial charge in [-0.1, -0.05) is 29.4 Å². The van der Waals surface area contributed by atoms with Crippen LogP contribution >= 0.6 is 11.8 Å². The Morgan fingerprint density at radius 3 is 2.26 bits per heavy atom. The summed E-state index contributed by atoms with van der Waals surface area (Å²) in [4.78, 5) is 12.0. The van der Waals surface area contributed by atoms with Gasteiger partial charge >= 0.3 is 0 Å². The van der Waals surface area contributed by atoms with E-state index < -0.39 is 34.4 Å². The molecule has 1 aromatic carbocycles. The van der Waals surface area contributed by atoms with Gasteiger partial charge in [-0.2, -0.15) is 0 Å². The molecule has 38 heavy (non-hydrogen) atoms. The van der Waals surface area contributed by atoms with Crippen molar-refractivity contribution >= 4 is 17.7 Å². The number of allylic oxidation sites excluding steroid dienone is 4. The van der Waals surface area contributed by atoms with Gasteiger partial charge in [-0.3, -0.25) is 4.79 Å². The first-order valence-corrected chi connectivity index (χ1v) is 14.1. The Morgan fingerprint density at radius 1 is 1.00 bits per heavy atom. The number of carbonyl (C=O) groups is 1. The highest BCUT2D eigenvalue weighted by molar-refractivity contribution is 8.00. The maximum absolute atomic E-state index is 12.0. The molecule has 1 aliphatic rings. The van der Waals surface area contributed by atoms with Crippen LogP contribution < -0.4 is 5.32 Å². The number of aliphatic hydroxyl groups is 5. The van der Waals surface area contributed by atoms with Crippen LogP contribution in [-0.4, -0.2) is 78.9 Å². The van der Waals surface area contributed by atoms with E-state index in [4.69, 9.17) is 0 Å². The molecule has 0 aromatic heterocycles. The molecule has 1 saturated heterocycles. The molecule has 1 fully saturated rings. The van der Waals surface area contributed by atoms with Gasteiger partial charge in [0.25, 0.3) is 0 Å². The summed E-state index contributed by atoms with van der Waals surface area (Å²) in [6.45, 7) is 9.10. The minimum atomic E-state index is -1.42. The number of rotatable bonds is 12. The molecular weight excluding hydrogens is 506 g/mol. The highest BCUT2D eigenvalue weighted by Crippen LogP contribution is 2.46. The van der Waals surface area contributed by atoms with E-state index in [1.807, 2.05) is 19.9 Å². The Morgan fingerprint density at radius 2 is 1.63 bits per heavy atom. The van der Waals surface area contributed by atoms with E-state index >= 15 is 0 Å². The van der Waals surface area contributed by atoms with Crippen LogP contribution in [0.25, 0.3) is 0 Å². The largest absolute Gasteiger partial charge is 0.508 e. The van der Waals surface area contributed by atoms with Crippen molar-refractivity contribution < 1.29 is 35.4 Å². The van der Waals surface area contributed by atoms with Crippen molar-refractivity contribution in [1.29, 1.82) is 0 Å². The average Bonchev–Trinajstić information content (AvgIpc) is 2.86. The number of thioether (sulfide) groups is 1. The third-order valence-electron chi connectivity index (χ3n) is 6.90. The number of hydrogen-bond acceptors (Lipinski definition) is 8. The zero-order chi connectivity index (χ0) is 28.6. The van der Waals surface area contributed by atoms with Gasteiger partial charge in [0.15, 0.2) is 0 Å². The highest BCUT2D eigenvalue weighted by Gasteiger charge is 2.44. The molecule has 0 aliphatic carbocycles. The van der Waals surface area contributed by atoms with E-state index in [-0.39, 0.29) is 24.9 Å². The van der Waals surface area contributed by atoms with Crippen LogP contribution in [0.1, 0.15) is 75.3 Å². The average molecular weight is 552 g/mol. The normalized spacial score (nSPS) is 24.9. The first-order chi connectivity index (χ1) is 17.8. The fraction of sp³-hybridized carbons (Fsp3) is 0.621. The van der Waals surface area contributed by atoms with Crippen molar-refractivity contribution in [2.24, 2.45) is 0 Å². The van der Waals surface area contributed by atoms with Gasteiger partial charge in [0.05, 0.1) is 41.5 Å². The van der Waals surface area contributed by atoms with E-state index in [1.165, 1.54) is 5.57 Å². The summed E-state index contributed by atoms with van der Waals surface area (Å²) in [5.74, 6) is -0.0455. The molecule has 2 rings (SSSR count). The third kappa shape index (κ3) is 9.10. The maximum Gasteiger partial charge on any atom is 0.220 e. The van der Waals surface area contributed by atoms with Crippen molar-refractivity contribution in [3.63, 3.8) is 0 Å². The van der Waals surface area contributed by atoms with Crippen LogP contribution in [0, 0.1) is 6.92 Å². The number of nitrogens with one attached hydrogen (secondary N) is 1. The third-order valence-corrected chi connectivity index (χ3v) is 8.51. The summed E-state index contributed by atoms with van der Waals surface area (Å²) in [5, 5.41) is 61.9. The van der Waals surface area contributed by atoms with Gasteiger partial charge in [0, 0.05) is 12.0 Å². The van der Waals surface area contributed by atoms with Crippen LogP contribution in [0.2, 0.25) is 0 Å². The Balaban J connectivity index is 2.01. The predicted octanol–water partition coefficient (Wildman–Crippen LogP) is 2.81. The van der Waals surface area contributed by atoms with Gasteiger partial charge in [-0.15, -0.1) is 11.8 Å². The van der Waals surface area contributed by atoms with Crippen molar-refractivity contribution in [2.75, 3.05) is 13.2 Å². The van der Waals surface area contributed by atoms with Crippen molar-refractivity contribution in [3.05, 3.63) is 52.1 Å². The van der Waals surface area contributed by atoms with Crippen molar-refractivity contribution in [2.45, 2.75) is 101 Å². The first-order valence-electron chi connectivity index (χ1n) is 13.2. The number of phenolic OH excluding ortho intramolecular Hbond substituents is 1. The smallest absolute Gasteiger partial charge is 0.220 e. The highest BCUT2D eigenvalue weighted by atomic mass is 32.2. The van der Waals surface area contributed by atoms with Crippen LogP contribution in [0.15, 0.2) is 35.4 Å². The second-order valence-electron chi connectivity index (χ2n) is 11.1. The maximum atomic E-state index is 12.0. The van der Waals surface area contributed by atoms with Crippen molar-refractivity contribution in [3.8, 4) is 5.75 Å². The molecule has 0 bridgehead atoms. The molecule has 1 aromatic rings. The quantitative estimate of drug-likeness (QED) is 0.155. The van der Waals surface area contributed by atoms with E-state index in [9.17, 15) is 35.4 Å². The van der Waals surface area contributed by atoms with Crippen LogP contribution in [0.5, 0.6) is 5.75 Å². The zero-order valence-electron chi connectivity index (χ0n) is 23.1. The molecule has 9 heteroatoms. The SMILES string of the molecule is C/C(=C\C=C(/C)Cc1cc([C@@H]2S[C@H](CO)[C@@H](O)[C@H](O)[C@H]2O)c(O)cc1C)CCCCC(=O)NC(C)(C)CO. The lowest BCUT2D eigenvalue weighted by atomic mass is 9.92. The first kappa shape index (κ1) is 32.3.